The zero-order valence-electron chi connectivity index (χ0n) is 7.49. The summed E-state index contributed by atoms with van der Waals surface area (Å²) in [6.45, 7) is -0.140. The molecule has 0 saturated heterocycles. The van der Waals surface area contributed by atoms with Gasteiger partial charge in [0, 0.05) is 10.7 Å². The maximum Gasteiger partial charge on any atom is 0.325 e. The third kappa shape index (κ3) is 2.35. The molecule has 0 fully saturated rings. The first-order valence-corrected chi connectivity index (χ1v) is 4.56. The molecule has 76 valence electrons. The lowest BCUT2D eigenvalue weighted by atomic mass is 10.4. The van der Waals surface area contributed by atoms with Gasteiger partial charge in [0.2, 0.25) is 0 Å². The van der Waals surface area contributed by atoms with Crippen molar-refractivity contribution in [3.05, 3.63) is 27.1 Å². The molecule has 0 bridgehead atoms. The van der Waals surface area contributed by atoms with Gasteiger partial charge in [-0.3, -0.25) is 9.59 Å². The summed E-state index contributed by atoms with van der Waals surface area (Å²) in [6, 6.07) is 1.48. The number of anilines is 1. The Hall–Kier alpha value is -1.30. The number of nitrogen functional groups attached to an aromatic ring is 1. The summed E-state index contributed by atoms with van der Waals surface area (Å²) < 4.78 is 6.26. The number of ether oxygens (including phenoxy) is 1. The molecule has 14 heavy (non-hydrogen) atoms. The van der Waals surface area contributed by atoms with Crippen LogP contribution < -0.4 is 11.3 Å². The molecule has 0 aliphatic rings. The molecule has 2 N–H and O–H groups in total. The van der Waals surface area contributed by atoms with Crippen molar-refractivity contribution in [2.75, 3.05) is 12.8 Å². The van der Waals surface area contributed by atoms with Gasteiger partial charge < -0.3 is 15.0 Å². The molecule has 0 aliphatic carbocycles. The maximum absolute atomic E-state index is 11.4. The zero-order valence-corrected chi connectivity index (χ0v) is 9.08. The molecule has 0 atom stereocenters. The van der Waals surface area contributed by atoms with Gasteiger partial charge >= 0.3 is 5.97 Å². The Bertz CT molecular complexity index is 414. The monoisotopic (exact) mass is 260 g/mol. The van der Waals surface area contributed by atoms with Gasteiger partial charge in [0.15, 0.2) is 0 Å². The lowest BCUT2D eigenvalue weighted by Crippen LogP contribution is -2.26. The Labute approximate surface area is 88.6 Å². The van der Waals surface area contributed by atoms with Gasteiger partial charge in [0.25, 0.3) is 5.56 Å². The Morgan fingerprint density at radius 3 is 2.93 bits per heavy atom. The average molecular weight is 261 g/mol. The predicted molar refractivity (Wildman–Crippen MR) is 54.8 cm³/mol. The predicted octanol–water partition coefficient (Wildman–Crippen LogP) is 0.366. The second kappa shape index (κ2) is 4.28. The highest BCUT2D eigenvalue weighted by atomic mass is 79.9. The van der Waals surface area contributed by atoms with Gasteiger partial charge in [0.1, 0.15) is 6.54 Å². The summed E-state index contributed by atoms with van der Waals surface area (Å²) in [5.74, 6) is -0.496. The van der Waals surface area contributed by atoms with E-state index in [0.29, 0.717) is 4.47 Å². The van der Waals surface area contributed by atoms with Gasteiger partial charge in [0.05, 0.1) is 12.8 Å². The van der Waals surface area contributed by atoms with Crippen LogP contribution in [0.3, 0.4) is 0 Å². The van der Waals surface area contributed by atoms with Crippen LogP contribution in [0.25, 0.3) is 0 Å². The molecule has 5 nitrogen and oxygen atoms in total. The zero-order chi connectivity index (χ0) is 10.7. The molecular formula is C8H9BrN2O3. The average Bonchev–Trinajstić information content (AvgIpc) is 2.13. The molecule has 0 amide bonds. The molecule has 0 radical (unpaired) electrons. The lowest BCUT2D eigenvalue weighted by Gasteiger charge is -2.05. The van der Waals surface area contributed by atoms with Crippen molar-refractivity contribution in [1.29, 1.82) is 0 Å². The van der Waals surface area contributed by atoms with E-state index >= 15 is 0 Å². The van der Waals surface area contributed by atoms with E-state index in [1.807, 2.05) is 0 Å². The van der Waals surface area contributed by atoms with Crippen LogP contribution in [0.1, 0.15) is 0 Å². The highest BCUT2D eigenvalue weighted by molar-refractivity contribution is 9.10. The number of hydrogen-bond acceptors (Lipinski definition) is 4. The minimum atomic E-state index is -0.496. The normalized spacial score (nSPS) is 9.86. The number of nitrogens with two attached hydrogens (primary N) is 1. The number of methoxy groups -OCH3 is 1. The Kier molecular flexibility index (Phi) is 3.29. The van der Waals surface area contributed by atoms with Crippen LogP contribution in [0.15, 0.2) is 21.5 Å². The Morgan fingerprint density at radius 2 is 2.36 bits per heavy atom. The van der Waals surface area contributed by atoms with Crippen molar-refractivity contribution < 1.29 is 9.53 Å². The fourth-order valence-corrected chi connectivity index (χ4v) is 1.44. The molecule has 0 spiro atoms. The summed E-state index contributed by atoms with van der Waals surface area (Å²) in [5.41, 5.74) is 5.11. The summed E-state index contributed by atoms with van der Waals surface area (Å²) in [5, 5.41) is 0. The van der Waals surface area contributed by atoms with Crippen molar-refractivity contribution in [3.8, 4) is 0 Å². The number of rotatable bonds is 2. The smallest absolute Gasteiger partial charge is 0.325 e. The van der Waals surface area contributed by atoms with Crippen LogP contribution >= 0.6 is 15.9 Å². The summed E-state index contributed by atoms with van der Waals surface area (Å²) in [4.78, 5) is 22.3. The third-order valence-electron chi connectivity index (χ3n) is 1.61. The summed E-state index contributed by atoms with van der Waals surface area (Å²) >= 11 is 3.17. The van der Waals surface area contributed by atoms with Crippen LogP contribution in [0, 0.1) is 0 Å². The number of carbonyl (C=O) groups is 1. The number of hydrogen-bond donors (Lipinski definition) is 1. The van der Waals surface area contributed by atoms with E-state index in [0.717, 1.165) is 0 Å². The fourth-order valence-electron chi connectivity index (χ4n) is 0.942. The van der Waals surface area contributed by atoms with Gasteiger partial charge in [-0.05, 0) is 22.0 Å². The first kappa shape index (κ1) is 10.8. The molecule has 0 aliphatic heterocycles. The molecule has 1 rings (SSSR count). The van der Waals surface area contributed by atoms with Crippen molar-refractivity contribution in [1.82, 2.24) is 4.57 Å². The second-order valence-electron chi connectivity index (χ2n) is 2.62. The SMILES string of the molecule is COC(=O)Cn1cc(Br)cc(N)c1=O. The van der Waals surface area contributed by atoms with E-state index in [1.54, 1.807) is 0 Å². The first-order valence-electron chi connectivity index (χ1n) is 3.77. The molecule has 0 unspecified atom stereocenters. The van der Waals surface area contributed by atoms with Crippen molar-refractivity contribution in [2.45, 2.75) is 6.54 Å². The van der Waals surface area contributed by atoms with E-state index in [-0.39, 0.29) is 12.2 Å². The Morgan fingerprint density at radius 1 is 1.71 bits per heavy atom. The molecule has 6 heteroatoms. The number of aromatic nitrogens is 1. The van der Waals surface area contributed by atoms with Crippen LogP contribution in [0.4, 0.5) is 5.69 Å². The Balaban J connectivity index is 3.09. The van der Waals surface area contributed by atoms with E-state index in [9.17, 15) is 9.59 Å². The molecular weight excluding hydrogens is 252 g/mol. The number of halogens is 1. The van der Waals surface area contributed by atoms with E-state index in [2.05, 4.69) is 20.7 Å². The maximum atomic E-state index is 11.4. The van der Waals surface area contributed by atoms with Crippen molar-refractivity contribution in [3.63, 3.8) is 0 Å². The van der Waals surface area contributed by atoms with Crippen molar-refractivity contribution in [2.24, 2.45) is 0 Å². The number of nitrogens with zero attached hydrogens (tertiary/aromatic N) is 1. The number of esters is 1. The van der Waals surface area contributed by atoms with Crippen LogP contribution in [-0.4, -0.2) is 17.6 Å². The highest BCUT2D eigenvalue weighted by Crippen LogP contribution is 2.09. The van der Waals surface area contributed by atoms with Crippen LogP contribution in [0.5, 0.6) is 0 Å². The summed E-state index contributed by atoms with van der Waals surface area (Å²) in [6.07, 6.45) is 1.48. The standard InChI is InChI=1S/C8H9BrN2O3/c1-14-7(12)4-11-3-5(9)2-6(10)8(11)13/h2-3H,4,10H2,1H3. The van der Waals surface area contributed by atoms with Gasteiger partial charge in [-0.1, -0.05) is 0 Å². The summed E-state index contributed by atoms with van der Waals surface area (Å²) in [7, 11) is 1.26. The number of carbonyl (C=O) groups excluding carboxylic acids is 1. The van der Waals surface area contributed by atoms with Crippen LogP contribution in [-0.2, 0) is 16.1 Å². The van der Waals surface area contributed by atoms with Crippen LogP contribution in [0.2, 0.25) is 0 Å². The fraction of sp³-hybridized carbons (Fsp3) is 0.250. The first-order chi connectivity index (χ1) is 6.54. The van der Waals surface area contributed by atoms with E-state index in [1.165, 1.54) is 23.9 Å². The van der Waals surface area contributed by atoms with Gasteiger partial charge in [-0.25, -0.2) is 0 Å². The quantitative estimate of drug-likeness (QED) is 0.780. The third-order valence-corrected chi connectivity index (χ3v) is 2.04. The highest BCUT2D eigenvalue weighted by Gasteiger charge is 2.06. The molecule has 1 aromatic rings. The molecule has 0 aromatic carbocycles. The molecule has 1 heterocycles. The van der Waals surface area contributed by atoms with Gasteiger partial charge in [-0.15, -0.1) is 0 Å². The van der Waals surface area contributed by atoms with E-state index in [4.69, 9.17) is 5.73 Å². The largest absolute Gasteiger partial charge is 0.468 e. The lowest BCUT2D eigenvalue weighted by molar-refractivity contribution is -0.141. The second-order valence-corrected chi connectivity index (χ2v) is 3.54. The molecule has 1 aromatic heterocycles. The minimum Gasteiger partial charge on any atom is -0.468 e. The topological polar surface area (TPSA) is 74.3 Å². The molecule has 0 saturated carbocycles. The minimum absolute atomic E-state index is 0.0864. The van der Waals surface area contributed by atoms with Crippen molar-refractivity contribution >= 4 is 27.6 Å². The number of pyridine rings is 1. The van der Waals surface area contributed by atoms with E-state index < -0.39 is 11.5 Å². The van der Waals surface area contributed by atoms with Gasteiger partial charge in [-0.2, -0.15) is 0 Å².